The van der Waals surface area contributed by atoms with E-state index in [-0.39, 0.29) is 5.25 Å². The van der Waals surface area contributed by atoms with Crippen molar-refractivity contribution >= 4 is 29.8 Å². The molecule has 0 saturated heterocycles. The number of nitrogens with one attached hydrogen (secondary N) is 1. The van der Waals surface area contributed by atoms with Crippen molar-refractivity contribution in [3.63, 3.8) is 0 Å². The van der Waals surface area contributed by atoms with E-state index in [2.05, 4.69) is 27.8 Å². The molecule has 1 aromatic heterocycles. The van der Waals surface area contributed by atoms with Crippen molar-refractivity contribution in [2.75, 3.05) is 0 Å². The summed E-state index contributed by atoms with van der Waals surface area (Å²) in [7, 11) is 0. The Hall–Kier alpha value is -1.40. The highest BCUT2D eigenvalue weighted by Gasteiger charge is 2.12. The van der Waals surface area contributed by atoms with Crippen LogP contribution in [0.1, 0.15) is 22.2 Å². The number of aromatic amines is 1. The van der Waals surface area contributed by atoms with Crippen LogP contribution >= 0.6 is 24.8 Å². The van der Waals surface area contributed by atoms with Crippen LogP contribution in [0.2, 0.25) is 0 Å². The van der Waals surface area contributed by atoms with Crippen molar-refractivity contribution in [2.45, 2.75) is 5.25 Å². The predicted octanol–water partition coefficient (Wildman–Crippen LogP) is 1.46. The minimum Gasteiger partial charge on any atom is -0.389 e. The van der Waals surface area contributed by atoms with Gasteiger partial charge in [0.2, 0.25) is 0 Å². The lowest BCUT2D eigenvalue weighted by molar-refractivity contribution is 0.960. The molecule has 6 heteroatoms. The summed E-state index contributed by atoms with van der Waals surface area (Å²) in [5, 5.41) is 6.42. The molecule has 4 nitrogen and oxygen atoms in total. The van der Waals surface area contributed by atoms with E-state index >= 15 is 0 Å². The van der Waals surface area contributed by atoms with Crippen LogP contribution in [0.5, 0.6) is 0 Å². The predicted molar refractivity (Wildman–Crippen MR) is 69.5 cm³/mol. The van der Waals surface area contributed by atoms with Gasteiger partial charge >= 0.3 is 0 Å². The highest BCUT2D eigenvalue weighted by Crippen LogP contribution is 2.25. The summed E-state index contributed by atoms with van der Waals surface area (Å²) < 4.78 is 0. The molecule has 0 aliphatic heterocycles. The van der Waals surface area contributed by atoms with Gasteiger partial charge in [-0.2, -0.15) is 17.7 Å². The Bertz CT molecular complexity index is 495. The summed E-state index contributed by atoms with van der Waals surface area (Å²) >= 11 is 9.40. The molecule has 1 unspecified atom stereocenters. The van der Waals surface area contributed by atoms with Crippen molar-refractivity contribution in [3.05, 3.63) is 47.5 Å². The van der Waals surface area contributed by atoms with Crippen molar-refractivity contribution in [1.29, 1.82) is 0 Å². The molecule has 2 rings (SSSR count). The van der Waals surface area contributed by atoms with Crippen LogP contribution in [0.3, 0.4) is 0 Å². The lowest BCUT2D eigenvalue weighted by Gasteiger charge is -2.09. The summed E-state index contributed by atoms with van der Waals surface area (Å²) in [4.78, 5) is 4.43. The first-order valence-corrected chi connectivity index (χ1v) is 5.54. The Balaban J connectivity index is 2.34. The van der Waals surface area contributed by atoms with E-state index in [0.717, 1.165) is 11.1 Å². The SMILES string of the molecule is NC(=S)c1cccc(C(S)c2ncn[nH]2)c1. The number of H-pyrrole nitrogens is 1. The van der Waals surface area contributed by atoms with E-state index in [1.807, 2.05) is 24.3 Å². The largest absolute Gasteiger partial charge is 0.389 e. The van der Waals surface area contributed by atoms with Gasteiger partial charge in [-0.1, -0.05) is 30.4 Å². The molecule has 16 heavy (non-hydrogen) atoms. The van der Waals surface area contributed by atoms with Crippen LogP contribution in [0, 0.1) is 0 Å². The van der Waals surface area contributed by atoms with Gasteiger partial charge in [0, 0.05) is 5.56 Å². The number of benzene rings is 1. The van der Waals surface area contributed by atoms with Crippen LogP contribution in [-0.4, -0.2) is 20.2 Å². The molecule has 0 aliphatic rings. The first kappa shape index (κ1) is 11.1. The Labute approximate surface area is 104 Å². The van der Waals surface area contributed by atoms with Crippen LogP contribution in [0.4, 0.5) is 0 Å². The number of nitrogens with two attached hydrogens (primary N) is 1. The highest BCUT2D eigenvalue weighted by molar-refractivity contribution is 7.81. The molecule has 0 fully saturated rings. The van der Waals surface area contributed by atoms with Gasteiger partial charge in [-0.3, -0.25) is 5.10 Å². The summed E-state index contributed by atoms with van der Waals surface area (Å²) in [5.74, 6) is 0.698. The third-order valence-corrected chi connectivity index (χ3v) is 2.96. The van der Waals surface area contributed by atoms with Gasteiger partial charge in [-0.25, -0.2) is 4.98 Å². The molecule has 3 N–H and O–H groups in total. The van der Waals surface area contributed by atoms with E-state index in [1.165, 1.54) is 6.33 Å². The third kappa shape index (κ3) is 2.23. The monoisotopic (exact) mass is 250 g/mol. The van der Waals surface area contributed by atoms with E-state index in [9.17, 15) is 0 Å². The first-order valence-electron chi connectivity index (χ1n) is 4.61. The van der Waals surface area contributed by atoms with E-state index in [4.69, 9.17) is 18.0 Å². The number of thiol groups is 1. The quantitative estimate of drug-likeness (QED) is 0.570. The second-order valence-corrected chi connectivity index (χ2v) is 4.22. The first-order chi connectivity index (χ1) is 7.68. The summed E-state index contributed by atoms with van der Waals surface area (Å²) in [6.07, 6.45) is 1.45. The maximum atomic E-state index is 5.57. The molecule has 82 valence electrons. The standard InChI is InChI=1S/C10H10N4S2/c11-9(16)7-3-1-2-6(4-7)8(15)10-12-5-13-14-10/h1-5,8,15H,(H2,11,16)(H,12,13,14). The van der Waals surface area contributed by atoms with Crippen LogP contribution < -0.4 is 5.73 Å². The molecule has 0 bridgehead atoms. The fourth-order valence-electron chi connectivity index (χ4n) is 1.37. The molecule has 0 spiro atoms. The molecule has 1 heterocycles. The van der Waals surface area contributed by atoms with Gasteiger partial charge in [0.1, 0.15) is 17.1 Å². The normalized spacial score (nSPS) is 12.3. The van der Waals surface area contributed by atoms with Gasteiger partial charge in [0.15, 0.2) is 0 Å². The van der Waals surface area contributed by atoms with Crippen molar-refractivity contribution < 1.29 is 0 Å². The summed E-state index contributed by atoms with van der Waals surface area (Å²) in [5.41, 5.74) is 7.37. The van der Waals surface area contributed by atoms with Crippen molar-refractivity contribution in [1.82, 2.24) is 15.2 Å². The maximum Gasteiger partial charge on any atom is 0.141 e. The lowest BCUT2D eigenvalue weighted by atomic mass is 10.1. The van der Waals surface area contributed by atoms with Crippen LogP contribution in [-0.2, 0) is 0 Å². The zero-order chi connectivity index (χ0) is 11.5. The molecule has 1 aromatic carbocycles. The average molecular weight is 250 g/mol. The van der Waals surface area contributed by atoms with E-state index < -0.39 is 0 Å². The molecule has 2 aromatic rings. The molecule has 0 radical (unpaired) electrons. The van der Waals surface area contributed by atoms with E-state index in [1.54, 1.807) is 0 Å². The van der Waals surface area contributed by atoms with Gasteiger partial charge in [0.05, 0.1) is 5.25 Å². The Morgan fingerprint density at radius 3 is 2.94 bits per heavy atom. The minimum atomic E-state index is -0.156. The molecule has 0 aliphatic carbocycles. The molecule has 1 atom stereocenters. The fraction of sp³-hybridized carbons (Fsp3) is 0.100. The number of thiocarbonyl (C=S) groups is 1. The number of hydrogen-bond acceptors (Lipinski definition) is 4. The molecule has 0 amide bonds. The zero-order valence-corrected chi connectivity index (χ0v) is 10.0. The summed E-state index contributed by atoms with van der Waals surface area (Å²) in [6, 6.07) is 7.61. The Morgan fingerprint density at radius 2 is 2.31 bits per heavy atom. The summed E-state index contributed by atoms with van der Waals surface area (Å²) in [6.45, 7) is 0. The highest BCUT2D eigenvalue weighted by atomic mass is 32.1. The smallest absolute Gasteiger partial charge is 0.141 e. The fourth-order valence-corrected chi connectivity index (χ4v) is 1.78. The average Bonchev–Trinajstić information content (AvgIpc) is 2.81. The molecular formula is C10H10N4S2. The Morgan fingerprint density at radius 1 is 1.50 bits per heavy atom. The van der Waals surface area contributed by atoms with Gasteiger partial charge < -0.3 is 5.73 Å². The third-order valence-electron chi connectivity index (χ3n) is 2.18. The van der Waals surface area contributed by atoms with Crippen molar-refractivity contribution in [2.24, 2.45) is 5.73 Å². The Kier molecular flexibility index (Phi) is 3.21. The number of aromatic nitrogens is 3. The van der Waals surface area contributed by atoms with E-state index in [0.29, 0.717) is 10.8 Å². The number of nitrogens with zero attached hydrogens (tertiary/aromatic N) is 2. The number of rotatable bonds is 3. The topological polar surface area (TPSA) is 67.6 Å². The maximum absolute atomic E-state index is 5.57. The van der Waals surface area contributed by atoms with Gasteiger partial charge in [0.25, 0.3) is 0 Å². The van der Waals surface area contributed by atoms with Crippen molar-refractivity contribution in [3.8, 4) is 0 Å². The molecular weight excluding hydrogens is 240 g/mol. The number of hydrogen-bond donors (Lipinski definition) is 3. The molecule has 0 saturated carbocycles. The van der Waals surface area contributed by atoms with Gasteiger partial charge in [-0.15, -0.1) is 0 Å². The second kappa shape index (κ2) is 4.63. The zero-order valence-electron chi connectivity index (χ0n) is 8.29. The second-order valence-electron chi connectivity index (χ2n) is 3.26. The van der Waals surface area contributed by atoms with Gasteiger partial charge in [-0.05, 0) is 11.6 Å². The van der Waals surface area contributed by atoms with Crippen LogP contribution in [0.15, 0.2) is 30.6 Å². The lowest BCUT2D eigenvalue weighted by Crippen LogP contribution is -2.10. The minimum absolute atomic E-state index is 0.156. The van der Waals surface area contributed by atoms with Crippen LogP contribution in [0.25, 0.3) is 0 Å².